The third kappa shape index (κ3) is 5.29. The van der Waals surface area contributed by atoms with Crippen LogP contribution in [0.25, 0.3) is 0 Å². The Hall–Kier alpha value is -2.94. The molecule has 0 bridgehead atoms. The third-order valence-electron chi connectivity index (χ3n) is 4.17. The summed E-state index contributed by atoms with van der Waals surface area (Å²) in [4.78, 5) is 23.2. The summed E-state index contributed by atoms with van der Waals surface area (Å²) in [7, 11) is -3.86. The molecule has 0 aliphatic heterocycles. The fourth-order valence-electron chi connectivity index (χ4n) is 2.93. The maximum absolute atomic E-state index is 12.8. The number of carbonyl (C=O) groups excluding carboxylic acids is 1. The second kappa shape index (κ2) is 8.83. The number of benzene rings is 2. The molecule has 0 aliphatic carbocycles. The van der Waals surface area contributed by atoms with Crippen LogP contribution in [-0.4, -0.2) is 31.5 Å². The zero-order valence-electron chi connectivity index (χ0n) is 16.0. The standard InChI is InChI=1S/C19H23N3O5S/c1-4-18(19(23)20-13-15-8-5-7-14(2)11-15)21(28(3,26)27)16-9-6-10-17(12-16)22(24)25/h5-12,18H,4,13H2,1-3H3,(H,20,23)/t18-/m1/s1. The van der Waals surface area contributed by atoms with Gasteiger partial charge >= 0.3 is 0 Å². The molecule has 0 fully saturated rings. The molecule has 8 nitrogen and oxygen atoms in total. The number of hydrogen-bond donors (Lipinski definition) is 1. The maximum Gasteiger partial charge on any atom is 0.271 e. The molecule has 2 aromatic carbocycles. The summed E-state index contributed by atoms with van der Waals surface area (Å²) >= 11 is 0. The highest BCUT2D eigenvalue weighted by Crippen LogP contribution is 2.26. The van der Waals surface area contributed by atoms with Crippen molar-refractivity contribution in [3.63, 3.8) is 0 Å². The van der Waals surface area contributed by atoms with E-state index >= 15 is 0 Å². The van der Waals surface area contributed by atoms with Crippen molar-refractivity contribution in [3.05, 3.63) is 69.8 Å². The molecular weight excluding hydrogens is 382 g/mol. The average molecular weight is 405 g/mol. The third-order valence-corrected chi connectivity index (χ3v) is 5.35. The number of nitro benzene ring substituents is 1. The molecule has 0 radical (unpaired) electrons. The van der Waals surface area contributed by atoms with Crippen molar-refractivity contribution in [2.24, 2.45) is 0 Å². The number of non-ortho nitro benzene ring substituents is 1. The van der Waals surface area contributed by atoms with E-state index in [4.69, 9.17) is 0 Å². The normalized spacial score (nSPS) is 12.2. The first-order valence-corrected chi connectivity index (χ1v) is 10.6. The van der Waals surface area contributed by atoms with Crippen LogP contribution in [0, 0.1) is 17.0 Å². The minimum absolute atomic E-state index is 0.0780. The van der Waals surface area contributed by atoms with Gasteiger partial charge in [-0.15, -0.1) is 0 Å². The number of anilines is 1. The van der Waals surface area contributed by atoms with Crippen LogP contribution in [0.3, 0.4) is 0 Å². The highest BCUT2D eigenvalue weighted by atomic mass is 32.2. The van der Waals surface area contributed by atoms with Crippen molar-refractivity contribution < 1.29 is 18.1 Å². The van der Waals surface area contributed by atoms with Gasteiger partial charge in [-0.1, -0.05) is 42.8 Å². The molecular formula is C19H23N3O5S. The Bertz CT molecular complexity index is 975. The summed E-state index contributed by atoms with van der Waals surface area (Å²) in [5.41, 5.74) is 1.77. The van der Waals surface area contributed by atoms with E-state index < -0.39 is 26.9 Å². The number of carbonyl (C=O) groups is 1. The highest BCUT2D eigenvalue weighted by Gasteiger charge is 2.32. The van der Waals surface area contributed by atoms with Gasteiger partial charge in [0.05, 0.1) is 16.9 Å². The van der Waals surface area contributed by atoms with Gasteiger partial charge in [0.1, 0.15) is 6.04 Å². The number of aryl methyl sites for hydroxylation is 1. The summed E-state index contributed by atoms with van der Waals surface area (Å²) in [6.45, 7) is 3.88. The Balaban J connectivity index is 2.31. The maximum atomic E-state index is 12.8. The van der Waals surface area contributed by atoms with Gasteiger partial charge in [0.2, 0.25) is 15.9 Å². The Morgan fingerprint density at radius 1 is 1.21 bits per heavy atom. The van der Waals surface area contributed by atoms with Crippen molar-refractivity contribution >= 4 is 27.3 Å². The van der Waals surface area contributed by atoms with Crippen LogP contribution in [0.15, 0.2) is 48.5 Å². The van der Waals surface area contributed by atoms with Gasteiger partial charge in [-0.25, -0.2) is 8.42 Å². The van der Waals surface area contributed by atoms with Crippen LogP contribution in [0.1, 0.15) is 24.5 Å². The molecule has 2 rings (SSSR count). The number of nitro groups is 1. The van der Waals surface area contributed by atoms with Gasteiger partial charge in [-0.2, -0.15) is 0 Å². The largest absolute Gasteiger partial charge is 0.350 e. The lowest BCUT2D eigenvalue weighted by Crippen LogP contribution is -2.49. The molecule has 0 aliphatic rings. The molecule has 2 aromatic rings. The zero-order valence-corrected chi connectivity index (χ0v) is 16.8. The molecule has 0 saturated carbocycles. The van der Waals surface area contributed by atoms with Crippen LogP contribution in [-0.2, 0) is 21.4 Å². The van der Waals surface area contributed by atoms with Crippen LogP contribution >= 0.6 is 0 Å². The van der Waals surface area contributed by atoms with E-state index in [2.05, 4.69) is 5.32 Å². The molecule has 9 heteroatoms. The quantitative estimate of drug-likeness (QED) is 0.536. The molecule has 1 atom stereocenters. The summed E-state index contributed by atoms with van der Waals surface area (Å²) in [5.74, 6) is -0.471. The van der Waals surface area contributed by atoms with E-state index in [1.165, 1.54) is 18.2 Å². The summed E-state index contributed by atoms with van der Waals surface area (Å²) in [6, 6.07) is 11.8. The molecule has 28 heavy (non-hydrogen) atoms. The van der Waals surface area contributed by atoms with E-state index in [1.54, 1.807) is 6.92 Å². The highest BCUT2D eigenvalue weighted by molar-refractivity contribution is 7.92. The van der Waals surface area contributed by atoms with Gasteiger partial charge in [0, 0.05) is 18.7 Å². The first-order chi connectivity index (χ1) is 13.1. The number of rotatable bonds is 8. The lowest BCUT2D eigenvalue weighted by Gasteiger charge is -2.30. The fraction of sp³-hybridized carbons (Fsp3) is 0.316. The Kier molecular flexibility index (Phi) is 6.74. The average Bonchev–Trinajstić information content (AvgIpc) is 2.63. The van der Waals surface area contributed by atoms with E-state index in [-0.39, 0.29) is 24.3 Å². The number of sulfonamides is 1. The molecule has 0 aromatic heterocycles. The lowest BCUT2D eigenvalue weighted by atomic mass is 10.1. The molecule has 150 valence electrons. The van der Waals surface area contributed by atoms with Crippen LogP contribution in [0.4, 0.5) is 11.4 Å². The first kappa shape index (κ1) is 21.4. The zero-order chi connectivity index (χ0) is 20.9. The van der Waals surface area contributed by atoms with Gasteiger partial charge in [0.25, 0.3) is 5.69 Å². The second-order valence-corrected chi connectivity index (χ2v) is 8.33. The Labute approximate surface area is 164 Å². The van der Waals surface area contributed by atoms with Crippen molar-refractivity contribution in [2.45, 2.75) is 32.9 Å². The van der Waals surface area contributed by atoms with Crippen LogP contribution < -0.4 is 9.62 Å². The molecule has 0 saturated heterocycles. The van der Waals surface area contributed by atoms with Gasteiger partial charge in [-0.3, -0.25) is 19.2 Å². The topological polar surface area (TPSA) is 110 Å². The number of hydrogen-bond acceptors (Lipinski definition) is 5. The lowest BCUT2D eigenvalue weighted by molar-refractivity contribution is -0.384. The van der Waals surface area contributed by atoms with E-state index in [0.717, 1.165) is 27.8 Å². The predicted molar refractivity (Wildman–Crippen MR) is 108 cm³/mol. The van der Waals surface area contributed by atoms with Gasteiger partial charge in [-0.05, 0) is 25.0 Å². The molecule has 0 unspecified atom stereocenters. The number of nitrogens with zero attached hydrogens (tertiary/aromatic N) is 2. The predicted octanol–water partition coefficient (Wildman–Crippen LogP) is 2.76. The van der Waals surface area contributed by atoms with Crippen molar-refractivity contribution in [2.75, 3.05) is 10.6 Å². The first-order valence-electron chi connectivity index (χ1n) is 8.70. The van der Waals surface area contributed by atoms with Crippen LogP contribution in [0.5, 0.6) is 0 Å². The van der Waals surface area contributed by atoms with Crippen molar-refractivity contribution in [1.82, 2.24) is 5.32 Å². The molecule has 0 heterocycles. The van der Waals surface area contributed by atoms with Gasteiger partial charge < -0.3 is 5.32 Å². The summed E-state index contributed by atoms with van der Waals surface area (Å²) in [6.07, 6.45) is 1.18. The fourth-order valence-corrected chi connectivity index (χ4v) is 4.14. The van der Waals surface area contributed by atoms with Gasteiger partial charge in [0.15, 0.2) is 0 Å². The number of nitrogens with one attached hydrogen (secondary N) is 1. The summed E-state index contributed by atoms with van der Waals surface area (Å²) in [5, 5.41) is 13.8. The number of amides is 1. The molecule has 1 N–H and O–H groups in total. The summed E-state index contributed by atoms with van der Waals surface area (Å²) < 4.78 is 25.8. The SMILES string of the molecule is CC[C@H](C(=O)NCc1cccc(C)c1)N(c1cccc([N+](=O)[O-])c1)S(C)(=O)=O. The monoisotopic (exact) mass is 405 g/mol. The minimum atomic E-state index is -3.86. The molecule has 1 amide bonds. The van der Waals surface area contributed by atoms with E-state index in [9.17, 15) is 23.3 Å². The van der Waals surface area contributed by atoms with Crippen molar-refractivity contribution in [3.8, 4) is 0 Å². The van der Waals surface area contributed by atoms with E-state index in [0.29, 0.717) is 0 Å². The molecule has 0 spiro atoms. The van der Waals surface area contributed by atoms with Crippen molar-refractivity contribution in [1.29, 1.82) is 0 Å². The smallest absolute Gasteiger partial charge is 0.271 e. The minimum Gasteiger partial charge on any atom is -0.350 e. The van der Waals surface area contributed by atoms with E-state index in [1.807, 2.05) is 31.2 Å². The van der Waals surface area contributed by atoms with Crippen LogP contribution in [0.2, 0.25) is 0 Å². The second-order valence-electron chi connectivity index (χ2n) is 6.47. The Morgan fingerprint density at radius 3 is 2.46 bits per heavy atom. The Morgan fingerprint density at radius 2 is 1.89 bits per heavy atom.